The minimum atomic E-state index is -0.501. The van der Waals surface area contributed by atoms with Gasteiger partial charge in [0.05, 0.1) is 20.2 Å². The first kappa shape index (κ1) is 15.0. The number of hydrogen-bond acceptors (Lipinski definition) is 5. The van der Waals surface area contributed by atoms with Crippen LogP contribution in [0.5, 0.6) is 0 Å². The fraction of sp³-hybridized carbons (Fsp3) is 0.214. The van der Waals surface area contributed by atoms with Gasteiger partial charge in [0.25, 0.3) is 0 Å². The second kappa shape index (κ2) is 6.85. The van der Waals surface area contributed by atoms with Crippen molar-refractivity contribution < 1.29 is 9.53 Å². The van der Waals surface area contributed by atoms with Crippen molar-refractivity contribution in [2.45, 2.75) is 13.1 Å². The van der Waals surface area contributed by atoms with Crippen molar-refractivity contribution in [2.24, 2.45) is 0 Å². The molecule has 2 rings (SSSR count). The summed E-state index contributed by atoms with van der Waals surface area (Å²) in [4.78, 5) is 34.6. The maximum atomic E-state index is 12.1. The Morgan fingerprint density at radius 3 is 2.67 bits per heavy atom. The molecule has 21 heavy (non-hydrogen) atoms. The minimum absolute atomic E-state index is 0.162. The topological polar surface area (TPSA) is 70.3 Å². The standard InChI is InChI=1S/C14H14N2O4S/c1-20-12(17)8-5-9-16-13(18)15(14(19)21-16)10-11-6-3-2-4-7-11/h2-8H,9-10H2,1H3/b8-5+. The molecule has 0 atom stereocenters. The van der Waals surface area contributed by atoms with Gasteiger partial charge in [0.1, 0.15) is 0 Å². The predicted octanol–water partition coefficient (Wildman–Crippen LogP) is 0.849. The minimum Gasteiger partial charge on any atom is -0.466 e. The lowest BCUT2D eigenvalue weighted by Crippen LogP contribution is -2.29. The fourth-order valence-corrected chi connectivity index (χ4v) is 2.49. The summed E-state index contributed by atoms with van der Waals surface area (Å²) < 4.78 is 6.92. The number of methoxy groups -OCH3 is 1. The van der Waals surface area contributed by atoms with Crippen molar-refractivity contribution in [3.05, 3.63) is 68.2 Å². The molecule has 0 N–H and O–H groups in total. The molecule has 0 aliphatic heterocycles. The number of carbonyl (C=O) groups excluding carboxylic acids is 1. The van der Waals surface area contributed by atoms with E-state index in [9.17, 15) is 14.4 Å². The molecule has 0 aliphatic carbocycles. The van der Waals surface area contributed by atoms with Crippen molar-refractivity contribution in [3.63, 3.8) is 0 Å². The molecule has 0 aliphatic rings. The van der Waals surface area contributed by atoms with E-state index in [0.717, 1.165) is 17.1 Å². The lowest BCUT2D eigenvalue weighted by molar-refractivity contribution is -0.134. The molecule has 1 heterocycles. The van der Waals surface area contributed by atoms with Crippen LogP contribution in [-0.4, -0.2) is 21.6 Å². The van der Waals surface area contributed by atoms with Gasteiger partial charge in [0, 0.05) is 17.6 Å². The monoisotopic (exact) mass is 306 g/mol. The van der Waals surface area contributed by atoms with Crippen molar-refractivity contribution in [2.75, 3.05) is 7.11 Å². The van der Waals surface area contributed by atoms with E-state index in [0.29, 0.717) is 0 Å². The summed E-state index contributed by atoms with van der Waals surface area (Å²) in [7, 11) is 1.27. The highest BCUT2D eigenvalue weighted by molar-refractivity contribution is 7.03. The molecule has 7 heteroatoms. The van der Waals surface area contributed by atoms with Crippen LogP contribution in [0.2, 0.25) is 0 Å². The number of benzene rings is 1. The van der Waals surface area contributed by atoms with Crippen LogP contribution in [0.3, 0.4) is 0 Å². The number of nitrogens with zero attached hydrogens (tertiary/aromatic N) is 2. The number of aromatic nitrogens is 2. The van der Waals surface area contributed by atoms with E-state index in [-0.39, 0.29) is 23.7 Å². The van der Waals surface area contributed by atoms with Gasteiger partial charge in [-0.1, -0.05) is 36.4 Å². The Kier molecular flexibility index (Phi) is 4.89. The van der Waals surface area contributed by atoms with Crippen LogP contribution >= 0.6 is 11.5 Å². The van der Waals surface area contributed by atoms with E-state index in [1.807, 2.05) is 30.3 Å². The second-order valence-electron chi connectivity index (χ2n) is 4.20. The third-order valence-corrected chi connectivity index (χ3v) is 3.67. The molecule has 6 nitrogen and oxygen atoms in total. The second-order valence-corrected chi connectivity index (χ2v) is 5.17. The van der Waals surface area contributed by atoms with Crippen LogP contribution in [-0.2, 0) is 22.6 Å². The van der Waals surface area contributed by atoms with Gasteiger partial charge in [-0.2, -0.15) is 0 Å². The highest BCUT2D eigenvalue weighted by Gasteiger charge is 2.09. The van der Waals surface area contributed by atoms with Gasteiger partial charge in [0.2, 0.25) is 0 Å². The normalized spacial score (nSPS) is 10.9. The Hall–Kier alpha value is -2.41. The molecular weight excluding hydrogens is 292 g/mol. The number of rotatable bonds is 5. The predicted molar refractivity (Wildman–Crippen MR) is 79.5 cm³/mol. The molecule has 0 radical (unpaired) electrons. The Bertz CT molecular complexity index is 755. The zero-order valence-corrected chi connectivity index (χ0v) is 12.2. The summed E-state index contributed by atoms with van der Waals surface area (Å²) in [5.74, 6) is -0.501. The molecule has 0 bridgehead atoms. The van der Waals surface area contributed by atoms with Gasteiger partial charge in [0.15, 0.2) is 0 Å². The van der Waals surface area contributed by atoms with Gasteiger partial charge >= 0.3 is 16.5 Å². The SMILES string of the molecule is COC(=O)/C=C/Cn1sc(=O)n(Cc2ccccc2)c1=O. The fourth-order valence-electron chi connectivity index (χ4n) is 1.72. The molecule has 0 unspecified atom stereocenters. The van der Waals surface area contributed by atoms with Crippen molar-refractivity contribution in [1.29, 1.82) is 0 Å². The van der Waals surface area contributed by atoms with Crippen LogP contribution in [0.1, 0.15) is 5.56 Å². The van der Waals surface area contributed by atoms with Crippen molar-refractivity contribution in [3.8, 4) is 0 Å². The van der Waals surface area contributed by atoms with E-state index in [2.05, 4.69) is 4.74 Å². The Balaban J connectivity index is 2.18. The zero-order valence-electron chi connectivity index (χ0n) is 11.4. The molecular formula is C14H14N2O4S. The lowest BCUT2D eigenvalue weighted by Gasteiger charge is -1.99. The molecule has 0 amide bonds. The van der Waals surface area contributed by atoms with E-state index >= 15 is 0 Å². The third kappa shape index (κ3) is 3.79. The summed E-state index contributed by atoms with van der Waals surface area (Å²) in [6.45, 7) is 0.401. The first-order valence-corrected chi connectivity index (χ1v) is 6.98. The summed E-state index contributed by atoms with van der Waals surface area (Å²) in [6.07, 6.45) is 2.70. The van der Waals surface area contributed by atoms with E-state index in [1.165, 1.54) is 27.8 Å². The van der Waals surface area contributed by atoms with Crippen molar-refractivity contribution in [1.82, 2.24) is 8.52 Å². The Labute approximate surface area is 124 Å². The zero-order chi connectivity index (χ0) is 15.2. The summed E-state index contributed by atoms with van der Waals surface area (Å²) in [6, 6.07) is 9.28. The number of allylic oxidation sites excluding steroid dienone is 1. The van der Waals surface area contributed by atoms with Gasteiger partial charge in [-0.05, 0) is 5.56 Å². The van der Waals surface area contributed by atoms with E-state index < -0.39 is 5.97 Å². The van der Waals surface area contributed by atoms with E-state index in [1.54, 1.807) is 0 Å². The average Bonchev–Trinajstić information content (AvgIpc) is 2.76. The number of ether oxygens (including phenoxy) is 1. The van der Waals surface area contributed by atoms with Crippen LogP contribution in [0.4, 0.5) is 0 Å². The van der Waals surface area contributed by atoms with E-state index in [4.69, 9.17) is 0 Å². The lowest BCUT2D eigenvalue weighted by atomic mass is 10.2. The Morgan fingerprint density at radius 1 is 1.29 bits per heavy atom. The molecule has 0 fully saturated rings. The van der Waals surface area contributed by atoms with Gasteiger partial charge < -0.3 is 4.74 Å². The third-order valence-electron chi connectivity index (χ3n) is 2.76. The van der Waals surface area contributed by atoms with Crippen LogP contribution < -0.4 is 10.6 Å². The van der Waals surface area contributed by atoms with Gasteiger partial charge in [-0.25, -0.2) is 18.1 Å². The average molecular weight is 306 g/mol. The molecule has 0 spiro atoms. The first-order valence-electron chi connectivity index (χ1n) is 6.21. The molecule has 2 aromatic rings. The highest BCUT2D eigenvalue weighted by atomic mass is 32.1. The number of esters is 1. The van der Waals surface area contributed by atoms with Gasteiger partial charge in [-0.15, -0.1) is 0 Å². The van der Waals surface area contributed by atoms with Gasteiger partial charge in [-0.3, -0.25) is 4.79 Å². The molecule has 1 aromatic heterocycles. The first-order chi connectivity index (χ1) is 10.1. The highest BCUT2D eigenvalue weighted by Crippen LogP contribution is 2.00. The Morgan fingerprint density at radius 2 is 2.00 bits per heavy atom. The molecule has 1 aromatic carbocycles. The largest absolute Gasteiger partial charge is 0.466 e. The quantitative estimate of drug-likeness (QED) is 0.606. The molecule has 0 saturated heterocycles. The summed E-state index contributed by atoms with van der Waals surface area (Å²) in [5, 5.41) is 0. The molecule has 110 valence electrons. The number of carbonyl (C=O) groups is 1. The van der Waals surface area contributed by atoms with Crippen LogP contribution in [0.15, 0.2) is 52.1 Å². The maximum absolute atomic E-state index is 12.1. The molecule has 0 saturated carbocycles. The number of hydrogen-bond donors (Lipinski definition) is 0. The van der Waals surface area contributed by atoms with Crippen LogP contribution in [0, 0.1) is 0 Å². The maximum Gasteiger partial charge on any atom is 0.341 e. The summed E-state index contributed by atoms with van der Waals surface area (Å²) >= 11 is 0.828. The van der Waals surface area contributed by atoms with Crippen molar-refractivity contribution >= 4 is 17.5 Å². The van der Waals surface area contributed by atoms with Crippen LogP contribution in [0.25, 0.3) is 0 Å². The smallest absolute Gasteiger partial charge is 0.341 e. The summed E-state index contributed by atoms with van der Waals surface area (Å²) in [5.41, 5.74) is 0.495.